The molecule has 2 aromatic heterocycles. The van der Waals surface area contributed by atoms with Crippen LogP contribution in [0, 0.1) is 5.92 Å². The van der Waals surface area contributed by atoms with E-state index in [9.17, 15) is 5.11 Å². The van der Waals surface area contributed by atoms with Crippen LogP contribution in [0.3, 0.4) is 0 Å². The van der Waals surface area contributed by atoms with Gasteiger partial charge in [-0.2, -0.15) is 9.97 Å². The molecule has 2 heterocycles. The predicted octanol–water partition coefficient (Wildman–Crippen LogP) is 3.68. The summed E-state index contributed by atoms with van der Waals surface area (Å²) in [5.41, 5.74) is 10.1. The summed E-state index contributed by atoms with van der Waals surface area (Å²) in [7, 11) is 0. The van der Waals surface area contributed by atoms with Crippen molar-refractivity contribution in [1.29, 1.82) is 0 Å². The molecular formula is C26H27N5O3. The second-order valence-corrected chi connectivity index (χ2v) is 8.49. The fraction of sp³-hybridized carbons (Fsp3) is 0.269. The van der Waals surface area contributed by atoms with Crippen molar-refractivity contribution in [3.05, 3.63) is 90.3 Å². The zero-order valence-corrected chi connectivity index (χ0v) is 18.7. The van der Waals surface area contributed by atoms with Gasteiger partial charge in [0, 0.05) is 5.92 Å². The number of ether oxygens (including phenoxy) is 2. The molecule has 8 nitrogen and oxygen atoms in total. The largest absolute Gasteiger partial charge is 0.471 e. The van der Waals surface area contributed by atoms with E-state index in [0.29, 0.717) is 43.3 Å². The first-order valence-electron chi connectivity index (χ1n) is 11.3. The molecular weight excluding hydrogens is 430 g/mol. The summed E-state index contributed by atoms with van der Waals surface area (Å²) < 4.78 is 13.7. The van der Waals surface area contributed by atoms with Gasteiger partial charge in [0.2, 0.25) is 11.8 Å². The second kappa shape index (κ2) is 9.62. The Bertz CT molecular complexity index is 1280. The number of aliphatic hydroxyl groups is 1. The number of nitrogens with zero attached hydrogens (tertiary/aromatic N) is 4. The summed E-state index contributed by atoms with van der Waals surface area (Å²) in [6, 6.07) is 19.6. The Labute approximate surface area is 197 Å². The fourth-order valence-electron chi connectivity index (χ4n) is 4.39. The molecule has 0 amide bonds. The first-order chi connectivity index (χ1) is 16.6. The lowest BCUT2D eigenvalue weighted by molar-refractivity contribution is 0.0472. The normalized spacial score (nSPS) is 20.1. The zero-order chi connectivity index (χ0) is 23.5. The van der Waals surface area contributed by atoms with Gasteiger partial charge in [0.15, 0.2) is 11.2 Å². The van der Waals surface area contributed by atoms with E-state index in [1.165, 1.54) is 0 Å². The number of hydrogen-bond acceptors (Lipinski definition) is 7. The lowest BCUT2D eigenvalue weighted by atomic mass is 10.0. The lowest BCUT2D eigenvalue weighted by Gasteiger charge is -2.18. The van der Waals surface area contributed by atoms with Crippen LogP contribution in [0.15, 0.2) is 79.1 Å². The van der Waals surface area contributed by atoms with Crippen molar-refractivity contribution in [3.63, 3.8) is 0 Å². The molecule has 0 saturated heterocycles. The van der Waals surface area contributed by atoms with E-state index in [1.807, 2.05) is 65.2 Å². The highest BCUT2D eigenvalue weighted by atomic mass is 16.5. The SMILES string of the molecule is C=C1[C@@H](COCc2ccccc2)[C@@H](O)C[C@@H]1n1cnc2c(OCc3ccccc3)nc(N)nc21. The molecule has 34 heavy (non-hydrogen) atoms. The number of nitrogen functional groups attached to an aromatic ring is 1. The second-order valence-electron chi connectivity index (χ2n) is 8.49. The molecule has 0 spiro atoms. The Hall–Kier alpha value is -3.75. The minimum Gasteiger partial charge on any atom is -0.471 e. The van der Waals surface area contributed by atoms with Crippen LogP contribution in [-0.4, -0.2) is 37.3 Å². The van der Waals surface area contributed by atoms with Crippen molar-refractivity contribution in [1.82, 2.24) is 19.5 Å². The molecule has 0 unspecified atom stereocenters. The minimum absolute atomic E-state index is 0.101. The lowest BCUT2D eigenvalue weighted by Crippen LogP contribution is -2.20. The van der Waals surface area contributed by atoms with Gasteiger partial charge >= 0.3 is 0 Å². The quantitative estimate of drug-likeness (QED) is 0.389. The number of nitrogens with two attached hydrogens (primary N) is 1. The molecule has 1 aliphatic carbocycles. The first-order valence-corrected chi connectivity index (χ1v) is 11.3. The van der Waals surface area contributed by atoms with Crippen molar-refractivity contribution in [2.45, 2.75) is 31.8 Å². The van der Waals surface area contributed by atoms with Crippen molar-refractivity contribution >= 4 is 17.1 Å². The number of fused-ring (bicyclic) bond motifs is 1. The van der Waals surface area contributed by atoms with Crippen LogP contribution in [0.4, 0.5) is 5.95 Å². The number of benzene rings is 2. The fourth-order valence-corrected chi connectivity index (χ4v) is 4.39. The summed E-state index contributed by atoms with van der Waals surface area (Å²) >= 11 is 0. The van der Waals surface area contributed by atoms with Gasteiger partial charge in [0.25, 0.3) is 0 Å². The van der Waals surface area contributed by atoms with Gasteiger partial charge in [-0.15, -0.1) is 0 Å². The van der Waals surface area contributed by atoms with Crippen LogP contribution < -0.4 is 10.5 Å². The van der Waals surface area contributed by atoms with Gasteiger partial charge in [0.05, 0.1) is 31.7 Å². The van der Waals surface area contributed by atoms with E-state index in [2.05, 4.69) is 21.5 Å². The molecule has 1 fully saturated rings. The van der Waals surface area contributed by atoms with E-state index in [-0.39, 0.29) is 17.9 Å². The number of aliphatic hydroxyl groups excluding tert-OH is 1. The molecule has 3 atom stereocenters. The van der Waals surface area contributed by atoms with Crippen LogP contribution in [0.25, 0.3) is 11.2 Å². The highest BCUT2D eigenvalue weighted by molar-refractivity contribution is 5.77. The number of imidazole rings is 1. The Morgan fingerprint density at radius 1 is 1.00 bits per heavy atom. The van der Waals surface area contributed by atoms with Crippen molar-refractivity contribution in [2.24, 2.45) is 5.92 Å². The maximum atomic E-state index is 10.8. The van der Waals surface area contributed by atoms with Gasteiger partial charge in [0.1, 0.15) is 6.61 Å². The third-order valence-corrected chi connectivity index (χ3v) is 6.20. The highest BCUT2D eigenvalue weighted by Crippen LogP contribution is 2.41. The molecule has 8 heteroatoms. The Balaban J connectivity index is 1.32. The van der Waals surface area contributed by atoms with Gasteiger partial charge in [-0.25, -0.2) is 4.98 Å². The smallest absolute Gasteiger partial charge is 0.247 e. The summed E-state index contributed by atoms with van der Waals surface area (Å²) in [6.07, 6.45) is 1.61. The Morgan fingerprint density at radius 3 is 2.38 bits per heavy atom. The molecule has 3 N–H and O–H groups in total. The van der Waals surface area contributed by atoms with E-state index in [1.54, 1.807) is 6.33 Å². The molecule has 4 aromatic rings. The third kappa shape index (κ3) is 4.50. The van der Waals surface area contributed by atoms with Crippen LogP contribution in [0.5, 0.6) is 5.88 Å². The summed E-state index contributed by atoms with van der Waals surface area (Å²) in [4.78, 5) is 13.2. The maximum absolute atomic E-state index is 10.8. The van der Waals surface area contributed by atoms with Gasteiger partial charge < -0.3 is 24.9 Å². The van der Waals surface area contributed by atoms with Crippen LogP contribution in [0.2, 0.25) is 0 Å². The first kappa shape index (κ1) is 22.1. The maximum Gasteiger partial charge on any atom is 0.247 e. The molecule has 5 rings (SSSR count). The molecule has 1 aliphatic rings. The zero-order valence-electron chi connectivity index (χ0n) is 18.7. The van der Waals surface area contributed by atoms with E-state index in [0.717, 1.165) is 16.7 Å². The highest BCUT2D eigenvalue weighted by Gasteiger charge is 2.38. The monoisotopic (exact) mass is 457 g/mol. The van der Waals surface area contributed by atoms with Crippen LogP contribution in [-0.2, 0) is 18.0 Å². The minimum atomic E-state index is -0.571. The summed E-state index contributed by atoms with van der Waals surface area (Å²) in [5.74, 6) is 0.250. The van der Waals surface area contributed by atoms with Gasteiger partial charge in [-0.05, 0) is 23.1 Å². The van der Waals surface area contributed by atoms with Crippen LogP contribution >= 0.6 is 0 Å². The molecule has 174 valence electrons. The number of hydrogen-bond donors (Lipinski definition) is 2. The molecule has 0 radical (unpaired) electrons. The van der Waals surface area contributed by atoms with Crippen molar-refractivity contribution in [2.75, 3.05) is 12.3 Å². The van der Waals surface area contributed by atoms with Crippen LogP contribution in [0.1, 0.15) is 23.6 Å². The summed E-state index contributed by atoms with van der Waals surface area (Å²) in [6.45, 7) is 5.50. The standard InChI is InChI=1S/C26H27N5O3/c1-17-20(15-33-13-18-8-4-2-5-9-18)22(32)12-21(17)31-16-28-23-24(31)29-26(27)30-25(23)34-14-19-10-6-3-7-11-19/h2-11,16,20-22,32H,1,12-15H2,(H2,27,29,30)/t20-,21+,22+/m1/s1. The number of anilines is 1. The Kier molecular flexibility index (Phi) is 6.24. The van der Waals surface area contributed by atoms with E-state index >= 15 is 0 Å². The average Bonchev–Trinajstić information content (AvgIpc) is 3.39. The van der Waals surface area contributed by atoms with E-state index in [4.69, 9.17) is 15.2 Å². The van der Waals surface area contributed by atoms with E-state index < -0.39 is 6.10 Å². The molecule has 0 bridgehead atoms. The predicted molar refractivity (Wildman–Crippen MR) is 129 cm³/mol. The summed E-state index contributed by atoms with van der Waals surface area (Å²) in [5, 5.41) is 10.8. The molecule has 1 saturated carbocycles. The number of aromatic nitrogens is 4. The number of rotatable bonds is 8. The van der Waals surface area contributed by atoms with Gasteiger partial charge in [-0.1, -0.05) is 67.2 Å². The molecule has 0 aliphatic heterocycles. The topological polar surface area (TPSA) is 108 Å². The van der Waals surface area contributed by atoms with Gasteiger partial charge in [-0.3, -0.25) is 0 Å². The Morgan fingerprint density at radius 2 is 1.68 bits per heavy atom. The molecule has 2 aromatic carbocycles. The third-order valence-electron chi connectivity index (χ3n) is 6.20. The van der Waals surface area contributed by atoms with Crippen molar-refractivity contribution in [3.8, 4) is 5.88 Å². The van der Waals surface area contributed by atoms with Crippen molar-refractivity contribution < 1.29 is 14.6 Å². The average molecular weight is 458 g/mol.